The molecule has 1 N–H and O–H groups in total. The van der Waals surface area contributed by atoms with Gasteiger partial charge in [-0.2, -0.15) is 0 Å². The molecule has 0 aliphatic rings. The van der Waals surface area contributed by atoms with E-state index in [1.807, 2.05) is 13.8 Å². The van der Waals surface area contributed by atoms with E-state index in [1.54, 1.807) is 6.07 Å². The first-order valence-electron chi connectivity index (χ1n) is 5.46. The zero-order valence-electron chi connectivity index (χ0n) is 10.0. The average molecular weight is 267 g/mol. The number of nitrogens with zero attached hydrogens (tertiary/aromatic N) is 1. The molecule has 0 fully saturated rings. The molecule has 18 heavy (non-hydrogen) atoms. The van der Waals surface area contributed by atoms with E-state index in [1.165, 1.54) is 23.8 Å². The summed E-state index contributed by atoms with van der Waals surface area (Å²) in [5.41, 5.74) is 0.767. The van der Waals surface area contributed by atoms with E-state index in [9.17, 15) is 4.79 Å². The van der Waals surface area contributed by atoms with E-state index in [0.717, 1.165) is 10.4 Å². The van der Waals surface area contributed by atoms with Crippen LogP contribution in [0.4, 0.5) is 0 Å². The van der Waals surface area contributed by atoms with Crippen LogP contribution in [-0.4, -0.2) is 16.2 Å². The minimum atomic E-state index is -0.966. The lowest BCUT2D eigenvalue weighted by molar-refractivity contribution is 0.0697. The number of aromatic carboxylic acids is 1. The number of carboxylic acid groups (broad SMARTS) is 1. The lowest BCUT2D eigenvalue weighted by Gasteiger charge is -2.02. The Hall–Kier alpha value is -1.82. The van der Waals surface area contributed by atoms with Crippen LogP contribution in [0.25, 0.3) is 0 Å². The fourth-order valence-electron chi connectivity index (χ4n) is 1.39. The predicted molar refractivity (Wildman–Crippen MR) is 66.2 cm³/mol. The number of hydrogen-bond acceptors (Lipinski definition) is 5. The van der Waals surface area contributed by atoms with Gasteiger partial charge in [-0.3, -0.25) is 0 Å². The van der Waals surface area contributed by atoms with Crippen molar-refractivity contribution in [2.45, 2.75) is 26.4 Å². The largest absolute Gasteiger partial charge is 0.487 e. The van der Waals surface area contributed by atoms with Gasteiger partial charge in [0, 0.05) is 10.4 Å². The molecule has 0 saturated carbocycles. The summed E-state index contributed by atoms with van der Waals surface area (Å²) in [5.74, 6) is -0.286. The summed E-state index contributed by atoms with van der Waals surface area (Å²) in [4.78, 5) is 12.3. The number of rotatable bonds is 5. The Balaban J connectivity index is 2.17. The van der Waals surface area contributed by atoms with Crippen LogP contribution >= 0.6 is 11.3 Å². The minimum Gasteiger partial charge on any atom is -0.487 e. The molecule has 0 saturated heterocycles. The van der Waals surface area contributed by atoms with Gasteiger partial charge in [-0.25, -0.2) is 4.79 Å². The van der Waals surface area contributed by atoms with Crippen molar-refractivity contribution in [1.82, 2.24) is 5.16 Å². The number of hydrogen-bond donors (Lipinski definition) is 1. The molecule has 0 atom stereocenters. The van der Waals surface area contributed by atoms with Gasteiger partial charge in [-0.15, -0.1) is 11.3 Å². The molecule has 0 aromatic carbocycles. The van der Waals surface area contributed by atoms with Gasteiger partial charge < -0.3 is 14.4 Å². The van der Waals surface area contributed by atoms with Crippen LogP contribution in [0, 0.1) is 0 Å². The van der Waals surface area contributed by atoms with Gasteiger partial charge in [0.15, 0.2) is 4.88 Å². The maximum atomic E-state index is 11.1. The highest BCUT2D eigenvalue weighted by molar-refractivity contribution is 7.14. The minimum absolute atomic E-state index is 0.232. The molecular formula is C12H13NO4S. The summed E-state index contributed by atoms with van der Waals surface area (Å²) in [7, 11) is 0. The van der Waals surface area contributed by atoms with Crippen molar-refractivity contribution in [3.8, 4) is 5.75 Å². The second-order valence-corrected chi connectivity index (χ2v) is 5.21. The summed E-state index contributed by atoms with van der Waals surface area (Å²) in [5, 5.41) is 12.7. The lowest BCUT2D eigenvalue weighted by atomic mass is 10.2. The maximum absolute atomic E-state index is 11.1. The first-order chi connectivity index (χ1) is 8.58. The molecule has 0 radical (unpaired) electrons. The van der Waals surface area contributed by atoms with Gasteiger partial charge in [-0.1, -0.05) is 19.0 Å². The molecule has 5 nitrogen and oxygen atoms in total. The highest BCUT2D eigenvalue weighted by Crippen LogP contribution is 2.34. The third-order valence-corrected chi connectivity index (χ3v) is 3.76. The van der Waals surface area contributed by atoms with Gasteiger partial charge in [0.05, 0.1) is 6.20 Å². The molecule has 0 aliphatic heterocycles. The number of ether oxygens (including phenoxy) is 1. The standard InChI is InChI=1S/C12H13NO4S/c1-7(2)10-3-9(11(18-10)12(14)15)16-5-8-4-13-17-6-8/h3-4,6-7H,5H2,1-2H3,(H,14,15). The molecule has 2 rings (SSSR count). The van der Waals surface area contributed by atoms with Gasteiger partial charge in [-0.05, 0) is 12.0 Å². The van der Waals surface area contributed by atoms with Crippen LogP contribution in [0.1, 0.15) is 39.9 Å². The number of carboxylic acids is 1. The molecule has 0 unspecified atom stereocenters. The van der Waals surface area contributed by atoms with Crippen LogP contribution in [0.15, 0.2) is 23.0 Å². The topological polar surface area (TPSA) is 72.6 Å². The van der Waals surface area contributed by atoms with Crippen LogP contribution in [0.5, 0.6) is 5.75 Å². The molecule has 0 bridgehead atoms. The third kappa shape index (κ3) is 2.70. The van der Waals surface area contributed by atoms with Crippen LogP contribution < -0.4 is 4.74 Å². The first-order valence-corrected chi connectivity index (χ1v) is 6.27. The Morgan fingerprint density at radius 1 is 1.61 bits per heavy atom. The van der Waals surface area contributed by atoms with Crippen molar-refractivity contribution >= 4 is 17.3 Å². The van der Waals surface area contributed by atoms with Crippen molar-refractivity contribution in [2.24, 2.45) is 0 Å². The normalized spacial score (nSPS) is 10.8. The summed E-state index contributed by atoms with van der Waals surface area (Å²) in [6, 6.07) is 1.78. The molecule has 2 aromatic heterocycles. The van der Waals surface area contributed by atoms with Gasteiger partial charge in [0.1, 0.15) is 18.6 Å². The quantitative estimate of drug-likeness (QED) is 0.901. The molecule has 0 spiro atoms. The predicted octanol–water partition coefficient (Wildman–Crippen LogP) is 3.14. The van der Waals surface area contributed by atoms with Crippen LogP contribution in [0.3, 0.4) is 0 Å². The van der Waals surface area contributed by atoms with E-state index in [4.69, 9.17) is 9.84 Å². The molecule has 2 heterocycles. The summed E-state index contributed by atoms with van der Waals surface area (Å²) in [6.45, 7) is 4.28. The molecule has 96 valence electrons. The monoisotopic (exact) mass is 267 g/mol. The fraction of sp³-hybridized carbons (Fsp3) is 0.333. The van der Waals surface area contributed by atoms with Gasteiger partial charge >= 0.3 is 5.97 Å². The smallest absolute Gasteiger partial charge is 0.349 e. The number of thiophene rings is 1. The first kappa shape index (κ1) is 12.6. The SMILES string of the molecule is CC(C)c1cc(OCc2cnoc2)c(C(=O)O)s1. The average Bonchev–Trinajstić information content (AvgIpc) is 2.95. The molecular weight excluding hydrogens is 254 g/mol. The Bertz CT molecular complexity index is 530. The molecule has 0 aliphatic carbocycles. The van der Waals surface area contributed by atoms with E-state index >= 15 is 0 Å². The molecule has 6 heteroatoms. The molecule has 2 aromatic rings. The molecule has 0 amide bonds. The van der Waals surface area contributed by atoms with E-state index in [-0.39, 0.29) is 17.4 Å². The van der Waals surface area contributed by atoms with Crippen molar-refractivity contribution in [1.29, 1.82) is 0 Å². The second-order valence-electron chi connectivity index (χ2n) is 4.12. The van der Waals surface area contributed by atoms with Gasteiger partial charge in [0.2, 0.25) is 0 Å². The zero-order chi connectivity index (χ0) is 13.1. The zero-order valence-corrected chi connectivity index (χ0v) is 10.9. The van der Waals surface area contributed by atoms with Crippen molar-refractivity contribution in [3.05, 3.63) is 33.8 Å². The Morgan fingerprint density at radius 2 is 2.39 bits per heavy atom. The van der Waals surface area contributed by atoms with Crippen LogP contribution in [0.2, 0.25) is 0 Å². The van der Waals surface area contributed by atoms with Crippen molar-refractivity contribution in [3.63, 3.8) is 0 Å². The highest BCUT2D eigenvalue weighted by Gasteiger charge is 2.18. The maximum Gasteiger partial charge on any atom is 0.349 e. The van der Waals surface area contributed by atoms with E-state index in [0.29, 0.717) is 5.75 Å². The highest BCUT2D eigenvalue weighted by atomic mass is 32.1. The van der Waals surface area contributed by atoms with Crippen LogP contribution in [-0.2, 0) is 6.61 Å². The Morgan fingerprint density at radius 3 is 2.94 bits per heavy atom. The van der Waals surface area contributed by atoms with Crippen molar-refractivity contribution < 1.29 is 19.2 Å². The summed E-state index contributed by atoms with van der Waals surface area (Å²) in [6.07, 6.45) is 3.01. The third-order valence-electron chi connectivity index (χ3n) is 2.36. The fourth-order valence-corrected chi connectivity index (χ4v) is 2.34. The van der Waals surface area contributed by atoms with Crippen molar-refractivity contribution in [2.75, 3.05) is 0 Å². The second kappa shape index (κ2) is 5.22. The van der Waals surface area contributed by atoms with Gasteiger partial charge in [0.25, 0.3) is 0 Å². The summed E-state index contributed by atoms with van der Waals surface area (Å²) >= 11 is 1.25. The summed E-state index contributed by atoms with van der Waals surface area (Å²) < 4.78 is 10.2. The Labute approximate surface area is 108 Å². The number of carbonyl (C=O) groups is 1. The lowest BCUT2D eigenvalue weighted by Crippen LogP contribution is -1.99. The van der Waals surface area contributed by atoms with E-state index in [2.05, 4.69) is 9.68 Å². The Kier molecular flexibility index (Phi) is 3.66. The van der Waals surface area contributed by atoms with E-state index < -0.39 is 5.97 Å². The number of aromatic nitrogens is 1.